The van der Waals surface area contributed by atoms with E-state index in [0.29, 0.717) is 25.3 Å². The summed E-state index contributed by atoms with van der Waals surface area (Å²) in [5.41, 5.74) is 13.1. The Morgan fingerprint density at radius 1 is 1.13 bits per heavy atom. The van der Waals surface area contributed by atoms with Gasteiger partial charge in [-0.2, -0.15) is 0 Å². The minimum absolute atomic E-state index is 0. The molecule has 1 aromatic carbocycles. The zero-order chi connectivity index (χ0) is 20.4. The van der Waals surface area contributed by atoms with Crippen molar-refractivity contribution in [3.05, 3.63) is 36.0 Å². The molecule has 1 aromatic heterocycles. The maximum absolute atomic E-state index is 12.8. The van der Waals surface area contributed by atoms with Crippen molar-refractivity contribution in [2.75, 3.05) is 12.3 Å². The second-order valence-electron chi connectivity index (χ2n) is 8.23. The third-order valence-electron chi connectivity index (χ3n) is 6.37. The Kier molecular flexibility index (Phi) is 8.91. The summed E-state index contributed by atoms with van der Waals surface area (Å²) in [5.74, 6) is 0.558. The van der Waals surface area contributed by atoms with Gasteiger partial charge in [0.05, 0.1) is 6.04 Å². The van der Waals surface area contributed by atoms with E-state index in [2.05, 4.69) is 10.3 Å². The van der Waals surface area contributed by atoms with Crippen molar-refractivity contribution < 1.29 is 9.59 Å². The monoisotopic (exact) mass is 467 g/mol. The van der Waals surface area contributed by atoms with Crippen LogP contribution in [-0.2, 0) is 16.1 Å². The number of carbonyl (C=O) groups excluding carboxylic acids is 2. The van der Waals surface area contributed by atoms with E-state index >= 15 is 0 Å². The summed E-state index contributed by atoms with van der Waals surface area (Å²) in [6, 6.07) is 6.86. The van der Waals surface area contributed by atoms with Crippen LogP contribution in [0.15, 0.2) is 30.5 Å². The van der Waals surface area contributed by atoms with E-state index in [4.69, 9.17) is 11.5 Å². The number of nitrogens with two attached hydrogens (primary N) is 2. The first-order valence-electron chi connectivity index (χ1n) is 10.5. The smallest absolute Gasteiger partial charge is 0.243 e. The molecule has 7 nitrogen and oxygen atoms in total. The van der Waals surface area contributed by atoms with Crippen LogP contribution in [0.5, 0.6) is 0 Å². The van der Waals surface area contributed by atoms with E-state index in [-0.39, 0.29) is 42.5 Å². The zero-order valence-electron chi connectivity index (χ0n) is 17.5. The molecule has 2 unspecified atom stereocenters. The quantitative estimate of drug-likeness (QED) is 0.625. The van der Waals surface area contributed by atoms with Crippen LogP contribution >= 0.6 is 24.8 Å². The van der Waals surface area contributed by atoms with Crippen LogP contribution in [0.2, 0.25) is 0 Å². The number of anilines is 1. The third kappa shape index (κ3) is 5.40. The summed E-state index contributed by atoms with van der Waals surface area (Å²) in [7, 11) is 0. The first kappa shape index (κ1) is 25.2. The fourth-order valence-electron chi connectivity index (χ4n) is 4.48. The third-order valence-corrected chi connectivity index (χ3v) is 6.37. The Morgan fingerprint density at radius 2 is 1.87 bits per heavy atom. The average molecular weight is 468 g/mol. The number of benzene rings is 1. The topological polar surface area (TPSA) is 114 Å². The van der Waals surface area contributed by atoms with Crippen molar-refractivity contribution in [3.63, 3.8) is 0 Å². The van der Waals surface area contributed by atoms with Gasteiger partial charge in [0.15, 0.2) is 0 Å². The fraction of sp³-hybridized carbons (Fsp3) is 0.500. The van der Waals surface area contributed by atoms with Gasteiger partial charge in [0.25, 0.3) is 0 Å². The van der Waals surface area contributed by atoms with Crippen LogP contribution in [0.25, 0.3) is 10.8 Å². The standard InChI is InChI=1S/C22H29N5O2.2ClH/c23-19(15-4-2-1-3-5-15)22(29)27-11-9-18(27)21(28)26-13-14-6-7-17-16(12-14)8-10-25-20(17)24;;/h6-8,10,12,15,18-19H,1-5,9,11,13,23H2,(H2,24,25)(H,26,28);2*1H. The van der Waals surface area contributed by atoms with E-state index in [1.54, 1.807) is 11.1 Å². The lowest BCUT2D eigenvalue weighted by molar-refractivity contribution is -0.149. The highest BCUT2D eigenvalue weighted by Gasteiger charge is 2.41. The second kappa shape index (κ2) is 11.0. The number of carbonyl (C=O) groups is 2. The van der Waals surface area contributed by atoms with Crippen molar-refractivity contribution in [3.8, 4) is 0 Å². The van der Waals surface area contributed by atoms with Gasteiger partial charge in [-0.15, -0.1) is 24.8 Å². The summed E-state index contributed by atoms with van der Waals surface area (Å²) in [6.45, 7) is 1.02. The van der Waals surface area contributed by atoms with Gasteiger partial charge in [-0.1, -0.05) is 31.4 Å². The van der Waals surface area contributed by atoms with E-state index in [1.165, 1.54) is 6.42 Å². The van der Waals surface area contributed by atoms with Crippen molar-refractivity contribution in [1.82, 2.24) is 15.2 Å². The number of nitrogen functional groups attached to an aromatic ring is 1. The van der Waals surface area contributed by atoms with Crippen LogP contribution in [0.1, 0.15) is 44.1 Å². The minimum Gasteiger partial charge on any atom is -0.383 e. The number of pyridine rings is 1. The van der Waals surface area contributed by atoms with Gasteiger partial charge in [-0.05, 0) is 48.3 Å². The highest BCUT2D eigenvalue weighted by Crippen LogP contribution is 2.28. The van der Waals surface area contributed by atoms with E-state index in [9.17, 15) is 9.59 Å². The number of fused-ring (bicyclic) bond motifs is 1. The number of rotatable bonds is 5. The molecule has 0 spiro atoms. The van der Waals surface area contributed by atoms with Crippen molar-refractivity contribution in [1.29, 1.82) is 0 Å². The molecule has 1 saturated heterocycles. The normalized spacial score (nSPS) is 19.5. The first-order valence-corrected chi connectivity index (χ1v) is 10.5. The van der Waals surface area contributed by atoms with Gasteiger partial charge in [-0.25, -0.2) is 4.98 Å². The number of nitrogens with one attached hydrogen (secondary N) is 1. The largest absolute Gasteiger partial charge is 0.383 e. The van der Waals surface area contributed by atoms with Gasteiger partial charge in [-0.3, -0.25) is 9.59 Å². The van der Waals surface area contributed by atoms with Crippen molar-refractivity contribution >= 4 is 53.2 Å². The molecule has 2 aliphatic rings. The van der Waals surface area contributed by atoms with Crippen molar-refractivity contribution in [2.45, 2.75) is 57.2 Å². The molecule has 1 aliphatic carbocycles. The molecule has 2 fully saturated rings. The number of hydrogen-bond acceptors (Lipinski definition) is 5. The predicted octanol–water partition coefficient (Wildman–Crippen LogP) is 2.79. The molecule has 2 aromatic rings. The molecule has 0 bridgehead atoms. The Labute approximate surface area is 195 Å². The molecule has 0 radical (unpaired) electrons. The first-order chi connectivity index (χ1) is 14.0. The van der Waals surface area contributed by atoms with Crippen LogP contribution in [0.3, 0.4) is 0 Å². The number of aromatic nitrogens is 1. The van der Waals surface area contributed by atoms with Crippen LogP contribution in [0.4, 0.5) is 5.82 Å². The summed E-state index contributed by atoms with van der Waals surface area (Å²) in [4.78, 5) is 31.2. The van der Waals surface area contributed by atoms with E-state index in [0.717, 1.165) is 42.0 Å². The van der Waals surface area contributed by atoms with Gasteiger partial charge in [0.2, 0.25) is 11.8 Å². The minimum atomic E-state index is -0.481. The Balaban J connectivity index is 0.00000171. The molecule has 2 atom stereocenters. The molecule has 2 heterocycles. The highest BCUT2D eigenvalue weighted by molar-refractivity contribution is 5.92. The number of likely N-dealkylation sites (tertiary alicyclic amines) is 1. The maximum atomic E-state index is 12.8. The summed E-state index contributed by atoms with van der Waals surface area (Å²) >= 11 is 0. The molecule has 4 rings (SSSR count). The lowest BCUT2D eigenvalue weighted by atomic mass is 9.83. The number of amides is 2. The molecule has 1 aliphatic heterocycles. The molecule has 31 heavy (non-hydrogen) atoms. The molecular weight excluding hydrogens is 437 g/mol. The van der Waals surface area contributed by atoms with Crippen LogP contribution in [0, 0.1) is 5.92 Å². The van der Waals surface area contributed by atoms with Gasteiger partial charge in [0, 0.05) is 24.7 Å². The predicted molar refractivity (Wildman–Crippen MR) is 127 cm³/mol. The highest BCUT2D eigenvalue weighted by atomic mass is 35.5. The Bertz CT molecular complexity index is 920. The average Bonchev–Trinajstić information content (AvgIpc) is 2.71. The second-order valence-corrected chi connectivity index (χ2v) is 8.23. The fourth-order valence-corrected chi connectivity index (χ4v) is 4.48. The van der Waals surface area contributed by atoms with Crippen LogP contribution in [-0.4, -0.2) is 40.3 Å². The van der Waals surface area contributed by atoms with Gasteiger partial charge < -0.3 is 21.7 Å². The molecule has 5 N–H and O–H groups in total. The molecule has 1 saturated carbocycles. The molecule has 170 valence electrons. The molecular formula is C22H31Cl2N5O2. The summed E-state index contributed by atoms with van der Waals surface area (Å²) in [6.07, 6.45) is 7.90. The van der Waals surface area contributed by atoms with Crippen molar-refractivity contribution in [2.24, 2.45) is 11.7 Å². The van der Waals surface area contributed by atoms with Gasteiger partial charge >= 0.3 is 0 Å². The Morgan fingerprint density at radius 3 is 2.55 bits per heavy atom. The number of nitrogens with zero attached hydrogens (tertiary/aromatic N) is 2. The zero-order valence-corrected chi connectivity index (χ0v) is 19.1. The van der Waals surface area contributed by atoms with E-state index < -0.39 is 12.1 Å². The number of halogens is 2. The lowest BCUT2D eigenvalue weighted by Gasteiger charge is -2.42. The molecule has 9 heteroatoms. The van der Waals surface area contributed by atoms with Gasteiger partial charge in [0.1, 0.15) is 11.9 Å². The summed E-state index contributed by atoms with van der Waals surface area (Å²) < 4.78 is 0. The molecule has 2 amide bonds. The van der Waals surface area contributed by atoms with Crippen LogP contribution < -0.4 is 16.8 Å². The lowest BCUT2D eigenvalue weighted by Crippen LogP contribution is -2.62. The summed E-state index contributed by atoms with van der Waals surface area (Å²) in [5, 5.41) is 4.85. The maximum Gasteiger partial charge on any atom is 0.243 e. The van der Waals surface area contributed by atoms with E-state index in [1.807, 2.05) is 24.3 Å². The SMILES string of the molecule is Cl.Cl.Nc1nccc2cc(CNC(=O)C3CCN3C(=O)C(N)C3CCCCC3)ccc12. The Hall–Kier alpha value is -2.09. The number of hydrogen-bond donors (Lipinski definition) is 3.